The third-order valence-electron chi connectivity index (χ3n) is 1.19. The fourth-order valence-corrected chi connectivity index (χ4v) is 0.665. The van der Waals surface area contributed by atoms with Gasteiger partial charge >= 0.3 is 0 Å². The summed E-state index contributed by atoms with van der Waals surface area (Å²) in [6, 6.07) is 5.31. The van der Waals surface area contributed by atoms with E-state index in [1.54, 1.807) is 12.1 Å². The molecule has 3 heteroatoms. The average Bonchev–Trinajstić information content (AvgIpc) is 2.07. The summed E-state index contributed by atoms with van der Waals surface area (Å²) in [4.78, 5) is 7.07. The first-order valence-corrected chi connectivity index (χ1v) is 3.05. The fraction of sp³-hybridized carbons (Fsp3) is 0.125. The number of nitrogens with zero attached hydrogens (tertiary/aromatic N) is 3. The van der Waals surface area contributed by atoms with Crippen LogP contribution < -0.4 is 0 Å². The Morgan fingerprint density at radius 1 is 1.64 bits per heavy atom. The van der Waals surface area contributed by atoms with Gasteiger partial charge in [0.05, 0.1) is 5.56 Å². The van der Waals surface area contributed by atoms with E-state index in [-0.39, 0.29) is 6.54 Å². The third kappa shape index (κ3) is 1.77. The van der Waals surface area contributed by atoms with Crippen molar-refractivity contribution in [2.45, 2.75) is 6.54 Å². The van der Waals surface area contributed by atoms with Gasteiger partial charge in [0.2, 0.25) is 0 Å². The lowest BCUT2D eigenvalue weighted by Gasteiger charge is -1.89. The van der Waals surface area contributed by atoms with E-state index in [1.807, 2.05) is 6.07 Å². The summed E-state index contributed by atoms with van der Waals surface area (Å²) in [7, 11) is 0. The van der Waals surface area contributed by atoms with Gasteiger partial charge in [0, 0.05) is 6.20 Å². The highest BCUT2D eigenvalue weighted by Crippen LogP contribution is 1.99. The topological polar surface area (TPSA) is 41.0 Å². The molecule has 0 saturated heterocycles. The summed E-state index contributed by atoms with van der Waals surface area (Å²) in [6.07, 6.45) is 1.47. The van der Waals surface area contributed by atoms with Crippen molar-refractivity contribution in [3.05, 3.63) is 41.0 Å². The highest BCUT2D eigenvalue weighted by molar-refractivity contribution is 5.26. The lowest BCUT2D eigenvalue weighted by molar-refractivity contribution is 1.10. The molecule has 3 nitrogen and oxygen atoms in total. The van der Waals surface area contributed by atoms with E-state index in [9.17, 15) is 0 Å². The molecule has 0 amide bonds. The van der Waals surface area contributed by atoms with E-state index in [1.165, 1.54) is 6.20 Å². The molecule has 1 heterocycles. The predicted octanol–water partition coefficient (Wildman–Crippen LogP) is 1.37. The summed E-state index contributed by atoms with van der Waals surface area (Å²) >= 11 is 0. The molecule has 0 spiro atoms. The van der Waals surface area contributed by atoms with Crippen molar-refractivity contribution in [3.63, 3.8) is 0 Å². The summed E-state index contributed by atoms with van der Waals surface area (Å²) in [6.45, 7) is 6.84. The monoisotopic (exact) mass is 143 g/mol. The van der Waals surface area contributed by atoms with Crippen molar-refractivity contribution in [2.75, 3.05) is 0 Å². The number of pyridine rings is 1. The Hall–Kier alpha value is -1.87. The van der Waals surface area contributed by atoms with Gasteiger partial charge in [-0.05, 0) is 12.1 Å². The van der Waals surface area contributed by atoms with Crippen molar-refractivity contribution in [1.82, 2.24) is 4.98 Å². The Morgan fingerprint density at radius 3 is 2.91 bits per heavy atom. The number of rotatable bonds is 1. The molecule has 1 rings (SSSR count). The van der Waals surface area contributed by atoms with Crippen molar-refractivity contribution in [1.29, 1.82) is 5.26 Å². The Balaban J connectivity index is 2.87. The maximum atomic E-state index is 8.41. The summed E-state index contributed by atoms with van der Waals surface area (Å²) in [5.41, 5.74) is 1.23. The highest BCUT2D eigenvalue weighted by Gasteiger charge is 1.95. The molecular weight excluding hydrogens is 138 g/mol. The van der Waals surface area contributed by atoms with E-state index < -0.39 is 0 Å². The minimum Gasteiger partial charge on any atom is -0.310 e. The molecule has 0 aliphatic carbocycles. The molecular formula is C8H5N3. The van der Waals surface area contributed by atoms with Gasteiger partial charge in [-0.1, -0.05) is 0 Å². The molecule has 0 radical (unpaired) electrons. The molecule has 1 aromatic rings. The first-order chi connectivity index (χ1) is 5.36. The Labute approximate surface area is 64.7 Å². The van der Waals surface area contributed by atoms with Crippen molar-refractivity contribution < 1.29 is 0 Å². The van der Waals surface area contributed by atoms with Gasteiger partial charge in [-0.25, -0.2) is 6.57 Å². The van der Waals surface area contributed by atoms with Crippen LogP contribution in [0.3, 0.4) is 0 Å². The van der Waals surface area contributed by atoms with Gasteiger partial charge in [0.25, 0.3) is 6.54 Å². The van der Waals surface area contributed by atoms with Crippen LogP contribution in [-0.2, 0) is 6.54 Å². The van der Waals surface area contributed by atoms with E-state index in [4.69, 9.17) is 11.8 Å². The zero-order chi connectivity index (χ0) is 8.10. The van der Waals surface area contributed by atoms with Crippen LogP contribution in [0, 0.1) is 17.9 Å². The second-order valence-corrected chi connectivity index (χ2v) is 1.97. The van der Waals surface area contributed by atoms with Crippen LogP contribution >= 0.6 is 0 Å². The quantitative estimate of drug-likeness (QED) is 0.557. The van der Waals surface area contributed by atoms with E-state index in [2.05, 4.69) is 9.83 Å². The fourth-order valence-electron chi connectivity index (χ4n) is 0.665. The highest BCUT2D eigenvalue weighted by atomic mass is 14.7. The molecule has 0 aliphatic rings. The van der Waals surface area contributed by atoms with Crippen LogP contribution in [0.4, 0.5) is 0 Å². The van der Waals surface area contributed by atoms with E-state index in [0.29, 0.717) is 11.3 Å². The maximum Gasteiger partial charge on any atom is 0.256 e. The minimum absolute atomic E-state index is 0.283. The second-order valence-electron chi connectivity index (χ2n) is 1.97. The SMILES string of the molecule is [C-]#[N+]Cc1ccc(C#N)cn1. The zero-order valence-electron chi connectivity index (χ0n) is 5.78. The Bertz CT molecular complexity index is 313. The third-order valence-corrected chi connectivity index (χ3v) is 1.19. The van der Waals surface area contributed by atoms with Crippen LogP contribution in [0.2, 0.25) is 0 Å². The number of aromatic nitrogens is 1. The molecule has 0 N–H and O–H groups in total. The Kier molecular flexibility index (Phi) is 2.20. The number of hydrogen-bond acceptors (Lipinski definition) is 2. The van der Waals surface area contributed by atoms with Gasteiger partial charge in [-0.15, -0.1) is 0 Å². The van der Waals surface area contributed by atoms with Gasteiger partial charge in [0.1, 0.15) is 11.8 Å². The molecule has 0 fully saturated rings. The average molecular weight is 143 g/mol. The standard InChI is InChI=1S/C8H5N3/c1-10-6-8-3-2-7(4-9)5-11-8/h2-3,5H,6H2. The lowest BCUT2D eigenvalue weighted by atomic mass is 10.3. The zero-order valence-corrected chi connectivity index (χ0v) is 5.78. The van der Waals surface area contributed by atoms with Gasteiger partial charge in [-0.3, -0.25) is 4.98 Å². The molecule has 0 unspecified atom stereocenters. The summed E-state index contributed by atoms with van der Waals surface area (Å²) < 4.78 is 0. The van der Waals surface area contributed by atoms with Crippen LogP contribution in [0.1, 0.15) is 11.3 Å². The summed E-state index contributed by atoms with van der Waals surface area (Å²) in [5, 5.41) is 8.41. The normalized spacial score (nSPS) is 8.18. The molecule has 0 atom stereocenters. The molecule has 1 aromatic heterocycles. The smallest absolute Gasteiger partial charge is 0.256 e. The van der Waals surface area contributed by atoms with Crippen LogP contribution in [0.25, 0.3) is 4.85 Å². The molecule has 0 aromatic carbocycles. The minimum atomic E-state index is 0.283. The van der Waals surface area contributed by atoms with Gasteiger partial charge in [0.15, 0.2) is 0 Å². The van der Waals surface area contributed by atoms with Gasteiger partial charge < -0.3 is 4.85 Å². The van der Waals surface area contributed by atoms with Crippen LogP contribution in [0.5, 0.6) is 0 Å². The van der Waals surface area contributed by atoms with E-state index in [0.717, 1.165) is 0 Å². The first-order valence-electron chi connectivity index (χ1n) is 3.05. The number of nitriles is 1. The predicted molar refractivity (Wildman–Crippen MR) is 39.3 cm³/mol. The van der Waals surface area contributed by atoms with Gasteiger partial charge in [-0.2, -0.15) is 5.26 Å². The van der Waals surface area contributed by atoms with Crippen LogP contribution in [0.15, 0.2) is 18.3 Å². The van der Waals surface area contributed by atoms with E-state index >= 15 is 0 Å². The molecule has 0 saturated carbocycles. The lowest BCUT2D eigenvalue weighted by Crippen LogP contribution is -1.85. The largest absolute Gasteiger partial charge is 0.310 e. The van der Waals surface area contributed by atoms with Crippen LogP contribution in [-0.4, -0.2) is 4.98 Å². The molecule has 0 aliphatic heterocycles. The molecule has 52 valence electrons. The van der Waals surface area contributed by atoms with Crippen molar-refractivity contribution in [2.24, 2.45) is 0 Å². The Morgan fingerprint density at radius 2 is 2.45 bits per heavy atom. The molecule has 0 bridgehead atoms. The number of hydrogen-bond donors (Lipinski definition) is 0. The first kappa shape index (κ1) is 7.24. The summed E-state index contributed by atoms with van der Waals surface area (Å²) in [5.74, 6) is 0. The maximum absolute atomic E-state index is 8.41. The molecule has 11 heavy (non-hydrogen) atoms. The second kappa shape index (κ2) is 3.34. The van der Waals surface area contributed by atoms with Crippen molar-refractivity contribution >= 4 is 0 Å². The van der Waals surface area contributed by atoms with Crippen molar-refractivity contribution in [3.8, 4) is 6.07 Å².